The molecule has 0 spiro atoms. The van der Waals surface area contributed by atoms with Crippen molar-refractivity contribution >= 4 is 0 Å². The van der Waals surface area contributed by atoms with E-state index < -0.39 is 0 Å². The van der Waals surface area contributed by atoms with Gasteiger partial charge < -0.3 is 0 Å². The van der Waals surface area contributed by atoms with Gasteiger partial charge in [-0.2, -0.15) is 0 Å². The van der Waals surface area contributed by atoms with Crippen LogP contribution in [0, 0.1) is 5.92 Å². The lowest BCUT2D eigenvalue weighted by atomic mass is 9.92. The lowest BCUT2D eigenvalue weighted by molar-refractivity contribution is 0.515. The molecule has 0 aliphatic carbocycles. The van der Waals surface area contributed by atoms with E-state index in [1.807, 2.05) is 0 Å². The number of unbranched alkanes of at least 4 members (excludes halogenated alkanes) is 1. The summed E-state index contributed by atoms with van der Waals surface area (Å²) in [6.07, 6.45) is 12.8. The van der Waals surface area contributed by atoms with Crippen LogP contribution in [-0.4, -0.2) is 0 Å². The molecule has 16 heavy (non-hydrogen) atoms. The van der Waals surface area contributed by atoms with Gasteiger partial charge in [-0.15, -0.1) is 0 Å². The first-order valence-corrected chi connectivity index (χ1v) is 6.68. The summed E-state index contributed by atoms with van der Waals surface area (Å²) in [6.45, 7) is 12.9. The van der Waals surface area contributed by atoms with Gasteiger partial charge in [0.05, 0.1) is 0 Å². The molecule has 0 bridgehead atoms. The topological polar surface area (TPSA) is 0 Å². The van der Waals surface area contributed by atoms with Crippen LogP contribution in [0.4, 0.5) is 0 Å². The lowest BCUT2D eigenvalue weighted by Gasteiger charge is -2.14. The molecule has 0 aliphatic heterocycles. The van der Waals surface area contributed by atoms with Crippen LogP contribution in [0.25, 0.3) is 0 Å². The molecule has 1 atom stereocenters. The fourth-order valence-electron chi connectivity index (χ4n) is 1.79. The largest absolute Gasteiger partial charge is 0.0958 e. The van der Waals surface area contributed by atoms with Crippen LogP contribution in [0.15, 0.2) is 36.0 Å². The first kappa shape index (κ1) is 15.2. The molecule has 0 saturated carbocycles. The van der Waals surface area contributed by atoms with Gasteiger partial charge in [0.15, 0.2) is 0 Å². The van der Waals surface area contributed by atoms with Crippen molar-refractivity contribution in [2.75, 3.05) is 0 Å². The van der Waals surface area contributed by atoms with Gasteiger partial charge in [0, 0.05) is 0 Å². The first-order chi connectivity index (χ1) is 7.65. The summed E-state index contributed by atoms with van der Waals surface area (Å²) in [6, 6.07) is 0. The van der Waals surface area contributed by atoms with Crippen LogP contribution in [0.2, 0.25) is 0 Å². The second-order valence-corrected chi connectivity index (χ2v) is 4.53. The minimum atomic E-state index is 0.763. The minimum absolute atomic E-state index is 0.763. The Bertz CT molecular complexity index is 243. The molecule has 0 heteroatoms. The zero-order valence-electron chi connectivity index (χ0n) is 11.6. The molecular weight excluding hydrogens is 192 g/mol. The first-order valence-electron chi connectivity index (χ1n) is 6.68. The molecule has 0 nitrogen and oxygen atoms in total. The van der Waals surface area contributed by atoms with Crippen LogP contribution in [0.3, 0.4) is 0 Å². The Morgan fingerprint density at radius 3 is 2.44 bits per heavy atom. The second kappa shape index (κ2) is 9.45. The molecule has 92 valence electrons. The monoisotopic (exact) mass is 220 g/mol. The molecule has 0 N–H and O–H groups in total. The average Bonchev–Trinajstić information content (AvgIpc) is 2.29. The maximum atomic E-state index is 3.97. The van der Waals surface area contributed by atoms with Gasteiger partial charge in [-0.05, 0) is 32.1 Å². The van der Waals surface area contributed by atoms with E-state index >= 15 is 0 Å². The fraction of sp³-hybridized carbons (Fsp3) is 0.625. The SMILES string of the molecule is C=C(/C=C\C=C(/C)C(CC)CCCC)CC. The van der Waals surface area contributed by atoms with Gasteiger partial charge in [0.1, 0.15) is 0 Å². The Morgan fingerprint density at radius 1 is 1.25 bits per heavy atom. The Labute approximate surface area is 102 Å². The fourth-order valence-corrected chi connectivity index (χ4v) is 1.79. The van der Waals surface area contributed by atoms with Crippen molar-refractivity contribution < 1.29 is 0 Å². The van der Waals surface area contributed by atoms with Crippen molar-refractivity contribution in [3.05, 3.63) is 36.0 Å². The van der Waals surface area contributed by atoms with Crippen LogP contribution < -0.4 is 0 Å². The van der Waals surface area contributed by atoms with Crippen LogP contribution >= 0.6 is 0 Å². The van der Waals surface area contributed by atoms with E-state index in [1.54, 1.807) is 0 Å². The minimum Gasteiger partial charge on any atom is -0.0958 e. The third-order valence-electron chi connectivity index (χ3n) is 3.19. The number of allylic oxidation sites excluding steroid dienone is 5. The number of hydrogen-bond acceptors (Lipinski definition) is 0. The molecule has 0 fully saturated rings. The standard InChI is InChI=1S/C16H28/c1-6-9-13-16(8-3)15(5)12-10-11-14(4)7-2/h10-12,16H,4,6-9,13H2,1-3,5H3/b11-10-,15-12+. The molecule has 1 unspecified atom stereocenters. The van der Waals surface area contributed by atoms with Crippen molar-refractivity contribution in [1.82, 2.24) is 0 Å². The summed E-state index contributed by atoms with van der Waals surface area (Å²) in [5, 5.41) is 0. The smallest absolute Gasteiger partial charge is 0.0205 e. The highest BCUT2D eigenvalue weighted by Crippen LogP contribution is 2.21. The Hall–Kier alpha value is -0.780. The maximum absolute atomic E-state index is 3.97. The summed E-state index contributed by atoms with van der Waals surface area (Å²) in [4.78, 5) is 0. The van der Waals surface area contributed by atoms with Gasteiger partial charge in [0.2, 0.25) is 0 Å². The summed E-state index contributed by atoms with van der Waals surface area (Å²) in [5.74, 6) is 0.763. The predicted molar refractivity (Wildman–Crippen MR) is 75.6 cm³/mol. The molecule has 0 aliphatic rings. The number of hydrogen-bond donors (Lipinski definition) is 0. The van der Waals surface area contributed by atoms with E-state index in [4.69, 9.17) is 0 Å². The lowest BCUT2D eigenvalue weighted by Crippen LogP contribution is -2.00. The molecule has 0 amide bonds. The van der Waals surface area contributed by atoms with E-state index in [-0.39, 0.29) is 0 Å². The van der Waals surface area contributed by atoms with Crippen molar-refractivity contribution in [3.63, 3.8) is 0 Å². The van der Waals surface area contributed by atoms with Crippen molar-refractivity contribution in [2.24, 2.45) is 5.92 Å². The normalized spacial score (nSPS) is 14.4. The van der Waals surface area contributed by atoms with Gasteiger partial charge in [-0.25, -0.2) is 0 Å². The third kappa shape index (κ3) is 6.66. The van der Waals surface area contributed by atoms with E-state index in [0.717, 1.165) is 12.3 Å². The van der Waals surface area contributed by atoms with E-state index in [0.29, 0.717) is 0 Å². The maximum Gasteiger partial charge on any atom is -0.0205 e. The highest BCUT2D eigenvalue weighted by Gasteiger charge is 2.06. The van der Waals surface area contributed by atoms with Crippen LogP contribution in [0.1, 0.15) is 59.8 Å². The highest BCUT2D eigenvalue weighted by atomic mass is 14.1. The zero-order chi connectivity index (χ0) is 12.4. The molecular formula is C16H28. The Morgan fingerprint density at radius 2 is 1.94 bits per heavy atom. The van der Waals surface area contributed by atoms with E-state index in [1.165, 1.54) is 36.8 Å². The quantitative estimate of drug-likeness (QED) is 0.462. The molecule has 0 aromatic heterocycles. The highest BCUT2D eigenvalue weighted by molar-refractivity contribution is 5.21. The Balaban J connectivity index is 4.26. The molecule has 0 heterocycles. The molecule has 0 radical (unpaired) electrons. The van der Waals surface area contributed by atoms with Gasteiger partial charge in [-0.3, -0.25) is 0 Å². The summed E-state index contributed by atoms with van der Waals surface area (Å²) >= 11 is 0. The van der Waals surface area contributed by atoms with Crippen molar-refractivity contribution in [3.8, 4) is 0 Å². The summed E-state index contributed by atoms with van der Waals surface area (Å²) in [7, 11) is 0. The van der Waals surface area contributed by atoms with Gasteiger partial charge in [-0.1, -0.05) is 69.6 Å². The molecule has 0 saturated heterocycles. The van der Waals surface area contributed by atoms with Crippen LogP contribution in [0.5, 0.6) is 0 Å². The summed E-state index contributed by atoms with van der Waals surface area (Å²) < 4.78 is 0. The third-order valence-corrected chi connectivity index (χ3v) is 3.19. The van der Waals surface area contributed by atoms with Crippen molar-refractivity contribution in [1.29, 1.82) is 0 Å². The van der Waals surface area contributed by atoms with Crippen LogP contribution in [-0.2, 0) is 0 Å². The molecule has 0 rings (SSSR count). The number of rotatable bonds is 8. The van der Waals surface area contributed by atoms with Gasteiger partial charge >= 0.3 is 0 Å². The predicted octanol–water partition coefficient (Wildman–Crippen LogP) is 5.67. The zero-order valence-corrected chi connectivity index (χ0v) is 11.6. The van der Waals surface area contributed by atoms with E-state index in [2.05, 4.69) is 52.5 Å². The summed E-state index contributed by atoms with van der Waals surface area (Å²) in [5.41, 5.74) is 2.71. The second-order valence-electron chi connectivity index (χ2n) is 4.53. The Kier molecular flexibility index (Phi) is 8.99. The van der Waals surface area contributed by atoms with Gasteiger partial charge in [0.25, 0.3) is 0 Å². The molecule has 0 aromatic rings. The van der Waals surface area contributed by atoms with Crippen molar-refractivity contribution in [2.45, 2.75) is 59.8 Å². The molecule has 0 aromatic carbocycles. The average molecular weight is 220 g/mol. The van der Waals surface area contributed by atoms with E-state index in [9.17, 15) is 0 Å².